The number of halogens is 1. The van der Waals surface area contributed by atoms with Gasteiger partial charge in [-0.1, -0.05) is 37.0 Å². The largest absolute Gasteiger partial charge is 0.303 e. The van der Waals surface area contributed by atoms with Gasteiger partial charge < -0.3 is 4.67 Å². The molecule has 1 aromatic carbocycles. The maximum atomic E-state index is 12.9. The van der Waals surface area contributed by atoms with Crippen LogP contribution in [0.4, 0.5) is 0 Å². The third-order valence-electron chi connectivity index (χ3n) is 4.34. The van der Waals surface area contributed by atoms with Gasteiger partial charge >= 0.3 is 0 Å². The van der Waals surface area contributed by atoms with Crippen LogP contribution in [-0.2, 0) is 10.0 Å². The molecular formula is C15H21ClN3O2PS. The molecule has 0 aromatic heterocycles. The average molecular weight is 374 g/mol. The molecule has 1 unspecified atom stereocenters. The van der Waals surface area contributed by atoms with Gasteiger partial charge in [-0.3, -0.25) is 0 Å². The number of nitrogens with zero attached hydrogens (tertiary/aromatic N) is 3. The molecule has 0 saturated heterocycles. The van der Waals surface area contributed by atoms with Crippen LogP contribution in [0.2, 0.25) is 0 Å². The van der Waals surface area contributed by atoms with Crippen molar-refractivity contribution in [1.82, 2.24) is 8.86 Å². The normalized spacial score (nSPS) is 23.3. The molecule has 8 heteroatoms. The lowest BCUT2D eigenvalue weighted by Crippen LogP contribution is -2.34. The van der Waals surface area contributed by atoms with E-state index < -0.39 is 17.6 Å². The van der Waals surface area contributed by atoms with Gasteiger partial charge in [0.25, 0.3) is 10.0 Å². The van der Waals surface area contributed by atoms with Gasteiger partial charge in [0.15, 0.2) is 0 Å². The number of hydrogen-bond acceptors (Lipinski definition) is 4. The summed E-state index contributed by atoms with van der Waals surface area (Å²) >= 11 is 6.56. The number of aryl methyl sites for hydroxylation is 1. The van der Waals surface area contributed by atoms with Crippen LogP contribution in [-0.4, -0.2) is 29.2 Å². The van der Waals surface area contributed by atoms with E-state index in [1.54, 1.807) is 24.3 Å². The van der Waals surface area contributed by atoms with E-state index >= 15 is 0 Å². The van der Waals surface area contributed by atoms with Crippen molar-refractivity contribution >= 4 is 34.7 Å². The number of benzene rings is 1. The summed E-state index contributed by atoms with van der Waals surface area (Å²) in [7, 11) is -5.23. The summed E-state index contributed by atoms with van der Waals surface area (Å²) in [6.07, 6.45) is 5.68. The summed E-state index contributed by atoms with van der Waals surface area (Å²) in [5, 5.41) is 4.28. The zero-order valence-corrected chi connectivity index (χ0v) is 15.8. The minimum atomic E-state index is -3.71. The van der Waals surface area contributed by atoms with Gasteiger partial charge in [0.2, 0.25) is 7.58 Å². The number of hydrazone groups is 1. The first kappa shape index (κ1) is 17.0. The van der Waals surface area contributed by atoms with Gasteiger partial charge in [-0.15, -0.1) is 9.29 Å². The fraction of sp³-hybridized carbons (Fsp3) is 0.533. The van der Waals surface area contributed by atoms with Crippen molar-refractivity contribution in [2.45, 2.75) is 56.9 Å². The van der Waals surface area contributed by atoms with Gasteiger partial charge in [0.05, 0.1) is 4.90 Å². The van der Waals surface area contributed by atoms with Crippen LogP contribution < -0.4 is 0 Å². The Morgan fingerprint density at radius 3 is 2.35 bits per heavy atom. The van der Waals surface area contributed by atoms with Crippen molar-refractivity contribution in [2.24, 2.45) is 5.10 Å². The van der Waals surface area contributed by atoms with Crippen molar-refractivity contribution in [2.75, 3.05) is 0 Å². The summed E-state index contributed by atoms with van der Waals surface area (Å²) < 4.78 is 28.8. The molecular weight excluding hydrogens is 353 g/mol. The topological polar surface area (TPSA) is 53.0 Å². The molecule has 23 heavy (non-hydrogen) atoms. The maximum Gasteiger partial charge on any atom is 0.284 e. The molecule has 1 aliphatic heterocycles. The van der Waals surface area contributed by atoms with E-state index in [1.165, 1.54) is 19.3 Å². The van der Waals surface area contributed by atoms with E-state index in [1.807, 2.05) is 18.5 Å². The molecule has 2 aliphatic rings. The molecule has 1 atom stereocenters. The predicted molar refractivity (Wildman–Crippen MR) is 94.8 cm³/mol. The summed E-state index contributed by atoms with van der Waals surface area (Å²) in [5.41, 5.74) is 1.02. The highest BCUT2D eigenvalue weighted by Crippen LogP contribution is 2.58. The Kier molecular flexibility index (Phi) is 4.86. The van der Waals surface area contributed by atoms with Gasteiger partial charge in [-0.05, 0) is 50.1 Å². The van der Waals surface area contributed by atoms with Crippen LogP contribution >= 0.6 is 18.8 Å². The molecule has 1 aromatic rings. The van der Waals surface area contributed by atoms with Crippen LogP contribution in [0.3, 0.4) is 0 Å². The zero-order valence-electron chi connectivity index (χ0n) is 13.3. The average Bonchev–Trinajstić information content (AvgIpc) is 2.84. The molecule has 0 radical (unpaired) electrons. The fourth-order valence-corrected chi connectivity index (χ4v) is 7.88. The highest BCUT2D eigenvalue weighted by Gasteiger charge is 2.43. The third-order valence-corrected chi connectivity index (χ3v) is 9.35. The lowest BCUT2D eigenvalue weighted by atomic mass is 9.95. The SMILES string of the molecule is CC1=NN(S(=O)(=O)c2ccc(C)cc2)P(Cl)N1C1CCCCC1. The second-order valence-electron chi connectivity index (χ2n) is 6.07. The predicted octanol–water partition coefficient (Wildman–Crippen LogP) is 4.43. The summed E-state index contributed by atoms with van der Waals surface area (Å²) in [4.78, 5) is 0.235. The second kappa shape index (κ2) is 6.58. The van der Waals surface area contributed by atoms with Crippen molar-refractivity contribution in [3.8, 4) is 0 Å². The molecule has 1 fully saturated rings. The Morgan fingerprint density at radius 2 is 1.74 bits per heavy atom. The maximum absolute atomic E-state index is 12.9. The fourth-order valence-electron chi connectivity index (χ4n) is 3.08. The Balaban J connectivity index is 1.87. The molecule has 5 nitrogen and oxygen atoms in total. The summed E-state index contributed by atoms with van der Waals surface area (Å²) in [6, 6.07) is 7.09. The lowest BCUT2D eigenvalue weighted by molar-refractivity contribution is 0.339. The van der Waals surface area contributed by atoms with E-state index in [-0.39, 0.29) is 4.90 Å². The summed E-state index contributed by atoms with van der Waals surface area (Å²) in [6.45, 7) is 3.77. The van der Waals surface area contributed by atoms with Crippen molar-refractivity contribution in [3.63, 3.8) is 0 Å². The molecule has 3 rings (SSSR count). The van der Waals surface area contributed by atoms with E-state index in [9.17, 15) is 8.42 Å². The van der Waals surface area contributed by atoms with Gasteiger partial charge in [-0.2, -0.15) is 8.42 Å². The van der Waals surface area contributed by atoms with Crippen LogP contribution in [0.1, 0.15) is 44.6 Å². The molecule has 1 saturated carbocycles. The highest BCUT2D eigenvalue weighted by atomic mass is 35.7. The van der Waals surface area contributed by atoms with Crippen LogP contribution in [0, 0.1) is 6.92 Å². The second-order valence-corrected chi connectivity index (χ2v) is 10.3. The lowest BCUT2D eigenvalue weighted by Gasteiger charge is -2.34. The molecule has 0 bridgehead atoms. The Labute approximate surface area is 144 Å². The first-order valence-corrected chi connectivity index (χ1v) is 11.4. The van der Waals surface area contributed by atoms with E-state index in [0.717, 1.165) is 22.6 Å². The zero-order chi connectivity index (χ0) is 16.6. The Morgan fingerprint density at radius 1 is 1.13 bits per heavy atom. The minimum absolute atomic E-state index is 0.235. The van der Waals surface area contributed by atoms with Gasteiger partial charge in [0.1, 0.15) is 5.84 Å². The Hall–Kier alpha value is -0.840. The summed E-state index contributed by atoms with van der Waals surface area (Å²) in [5.74, 6) is 0.702. The molecule has 0 spiro atoms. The van der Waals surface area contributed by atoms with Crippen LogP contribution in [0.5, 0.6) is 0 Å². The molecule has 1 heterocycles. The first-order chi connectivity index (χ1) is 10.9. The number of rotatable bonds is 3. The Bertz CT molecular complexity index is 702. The third kappa shape index (κ3) is 3.21. The van der Waals surface area contributed by atoms with Crippen LogP contribution in [0.25, 0.3) is 0 Å². The standard InChI is InChI=1S/C15H21ClN3O2PS/c1-12-8-10-15(11-9-12)23(20,21)19-17-13(2)18(22(19)16)14-6-4-3-5-7-14/h8-11,14H,3-7H2,1-2H3. The monoisotopic (exact) mass is 373 g/mol. The van der Waals surface area contributed by atoms with Crippen LogP contribution in [0.15, 0.2) is 34.3 Å². The highest BCUT2D eigenvalue weighted by molar-refractivity contribution is 7.99. The number of amidine groups is 1. The first-order valence-electron chi connectivity index (χ1n) is 7.83. The quantitative estimate of drug-likeness (QED) is 0.736. The van der Waals surface area contributed by atoms with Gasteiger partial charge in [-0.25, -0.2) is 0 Å². The van der Waals surface area contributed by atoms with Crippen molar-refractivity contribution in [1.29, 1.82) is 0 Å². The van der Waals surface area contributed by atoms with E-state index in [0.29, 0.717) is 11.9 Å². The van der Waals surface area contributed by atoms with Crippen molar-refractivity contribution in [3.05, 3.63) is 29.8 Å². The molecule has 1 aliphatic carbocycles. The van der Waals surface area contributed by atoms with E-state index in [4.69, 9.17) is 11.2 Å². The molecule has 0 amide bonds. The molecule has 126 valence electrons. The minimum Gasteiger partial charge on any atom is -0.303 e. The smallest absolute Gasteiger partial charge is 0.284 e. The number of sulfonamides is 1. The number of hydrogen-bond donors (Lipinski definition) is 0. The van der Waals surface area contributed by atoms with E-state index in [2.05, 4.69) is 5.10 Å². The molecule has 0 N–H and O–H groups in total. The van der Waals surface area contributed by atoms with Gasteiger partial charge in [0, 0.05) is 6.04 Å². The van der Waals surface area contributed by atoms with Crippen molar-refractivity contribution < 1.29 is 8.42 Å².